The Kier molecular flexibility index (Phi) is 4.29. The Morgan fingerprint density at radius 3 is 2.45 bits per heavy atom. The van der Waals surface area contributed by atoms with Crippen molar-refractivity contribution in [2.24, 2.45) is 5.73 Å². The van der Waals surface area contributed by atoms with Crippen LogP contribution in [0.1, 0.15) is 48.0 Å². The van der Waals surface area contributed by atoms with Crippen LogP contribution in [0.25, 0.3) is 0 Å². The van der Waals surface area contributed by atoms with Crippen LogP contribution in [-0.4, -0.2) is 15.8 Å². The molecule has 0 saturated heterocycles. The van der Waals surface area contributed by atoms with Gasteiger partial charge in [-0.25, -0.2) is 0 Å². The molecule has 108 valence electrons. The Morgan fingerprint density at radius 1 is 1.25 bits per heavy atom. The summed E-state index contributed by atoms with van der Waals surface area (Å²) in [6.45, 7) is 10.6. The molecule has 2 N–H and O–H groups in total. The topological polar surface area (TPSA) is 43.8 Å². The Balaban J connectivity index is 2.55. The van der Waals surface area contributed by atoms with Crippen molar-refractivity contribution in [1.29, 1.82) is 0 Å². The number of benzene rings is 1. The lowest BCUT2D eigenvalue weighted by atomic mass is 9.99. The number of aromatic nitrogens is 2. The third-order valence-corrected chi connectivity index (χ3v) is 3.97. The SMILES string of the molecule is CCc1c(C)nn(C(c2cccc(C)c2)C(C)N)c1C. The van der Waals surface area contributed by atoms with Gasteiger partial charge in [0.1, 0.15) is 0 Å². The maximum absolute atomic E-state index is 6.26. The molecular weight excluding hydrogens is 246 g/mol. The number of hydrogen-bond acceptors (Lipinski definition) is 2. The molecule has 2 unspecified atom stereocenters. The second kappa shape index (κ2) is 5.80. The molecule has 0 fully saturated rings. The van der Waals surface area contributed by atoms with Crippen molar-refractivity contribution in [1.82, 2.24) is 9.78 Å². The molecule has 3 nitrogen and oxygen atoms in total. The number of nitrogens with zero attached hydrogens (tertiary/aromatic N) is 2. The molecule has 1 aromatic carbocycles. The summed E-state index contributed by atoms with van der Waals surface area (Å²) < 4.78 is 2.10. The van der Waals surface area contributed by atoms with Crippen LogP contribution < -0.4 is 5.73 Å². The smallest absolute Gasteiger partial charge is 0.0919 e. The highest BCUT2D eigenvalue weighted by atomic mass is 15.3. The van der Waals surface area contributed by atoms with Gasteiger partial charge in [-0.2, -0.15) is 5.10 Å². The first-order valence-corrected chi connectivity index (χ1v) is 7.32. The molecule has 0 bridgehead atoms. The lowest BCUT2D eigenvalue weighted by molar-refractivity contribution is 0.443. The molecule has 1 heterocycles. The predicted molar refractivity (Wildman–Crippen MR) is 84.0 cm³/mol. The first-order valence-electron chi connectivity index (χ1n) is 7.32. The van der Waals surface area contributed by atoms with Crippen LogP contribution in [0, 0.1) is 20.8 Å². The molecule has 2 aromatic rings. The van der Waals surface area contributed by atoms with E-state index in [0.717, 1.165) is 12.1 Å². The van der Waals surface area contributed by atoms with Crippen LogP contribution in [-0.2, 0) is 6.42 Å². The lowest BCUT2D eigenvalue weighted by Gasteiger charge is -2.24. The largest absolute Gasteiger partial charge is 0.326 e. The van der Waals surface area contributed by atoms with Crippen LogP contribution in [0.4, 0.5) is 0 Å². The molecule has 3 heteroatoms. The highest BCUT2D eigenvalue weighted by Crippen LogP contribution is 2.26. The van der Waals surface area contributed by atoms with Gasteiger partial charge in [-0.3, -0.25) is 4.68 Å². The van der Waals surface area contributed by atoms with E-state index in [1.54, 1.807) is 0 Å². The molecule has 0 saturated carbocycles. The molecular formula is C17H25N3. The van der Waals surface area contributed by atoms with Crippen molar-refractivity contribution < 1.29 is 0 Å². The Bertz CT molecular complexity index is 596. The minimum absolute atomic E-state index is 0.0134. The van der Waals surface area contributed by atoms with Gasteiger partial charge >= 0.3 is 0 Å². The van der Waals surface area contributed by atoms with Crippen molar-refractivity contribution >= 4 is 0 Å². The van der Waals surface area contributed by atoms with E-state index in [0.29, 0.717) is 0 Å². The van der Waals surface area contributed by atoms with E-state index in [4.69, 9.17) is 10.8 Å². The van der Waals surface area contributed by atoms with Crippen molar-refractivity contribution in [2.75, 3.05) is 0 Å². The summed E-state index contributed by atoms with van der Waals surface area (Å²) in [6.07, 6.45) is 1.01. The van der Waals surface area contributed by atoms with E-state index in [1.165, 1.54) is 22.4 Å². The molecule has 0 spiro atoms. The maximum Gasteiger partial charge on any atom is 0.0919 e. The second-order valence-electron chi connectivity index (χ2n) is 5.67. The van der Waals surface area contributed by atoms with Gasteiger partial charge in [0.05, 0.1) is 11.7 Å². The van der Waals surface area contributed by atoms with Gasteiger partial charge in [0.2, 0.25) is 0 Å². The quantitative estimate of drug-likeness (QED) is 0.927. The summed E-state index contributed by atoms with van der Waals surface area (Å²) in [5.74, 6) is 0. The van der Waals surface area contributed by atoms with Gasteiger partial charge in [-0.05, 0) is 45.2 Å². The minimum atomic E-state index is 0.0134. The fraction of sp³-hybridized carbons (Fsp3) is 0.471. The van der Waals surface area contributed by atoms with Crippen LogP contribution in [0.15, 0.2) is 24.3 Å². The number of nitrogens with two attached hydrogens (primary N) is 1. The molecule has 0 amide bonds. The van der Waals surface area contributed by atoms with Crippen molar-refractivity contribution in [3.05, 3.63) is 52.3 Å². The highest BCUT2D eigenvalue weighted by molar-refractivity contribution is 5.30. The zero-order valence-electron chi connectivity index (χ0n) is 13.1. The third-order valence-electron chi connectivity index (χ3n) is 3.97. The fourth-order valence-electron chi connectivity index (χ4n) is 3.00. The fourth-order valence-corrected chi connectivity index (χ4v) is 3.00. The van der Waals surface area contributed by atoms with Crippen LogP contribution >= 0.6 is 0 Å². The highest BCUT2D eigenvalue weighted by Gasteiger charge is 2.23. The number of aryl methyl sites for hydroxylation is 2. The Labute approximate surface area is 121 Å². The Hall–Kier alpha value is -1.61. The molecule has 2 atom stereocenters. The van der Waals surface area contributed by atoms with Gasteiger partial charge in [-0.1, -0.05) is 36.8 Å². The van der Waals surface area contributed by atoms with Crippen LogP contribution in [0.5, 0.6) is 0 Å². The number of hydrogen-bond donors (Lipinski definition) is 1. The molecule has 20 heavy (non-hydrogen) atoms. The van der Waals surface area contributed by atoms with E-state index in [-0.39, 0.29) is 12.1 Å². The molecule has 0 radical (unpaired) electrons. The van der Waals surface area contributed by atoms with E-state index in [9.17, 15) is 0 Å². The minimum Gasteiger partial charge on any atom is -0.326 e. The Morgan fingerprint density at radius 2 is 1.95 bits per heavy atom. The summed E-state index contributed by atoms with van der Waals surface area (Å²) in [5, 5.41) is 4.75. The van der Waals surface area contributed by atoms with Crippen molar-refractivity contribution in [3.63, 3.8) is 0 Å². The number of rotatable bonds is 4. The van der Waals surface area contributed by atoms with E-state index < -0.39 is 0 Å². The summed E-state index contributed by atoms with van der Waals surface area (Å²) in [4.78, 5) is 0. The molecule has 0 aliphatic carbocycles. The van der Waals surface area contributed by atoms with Gasteiger partial charge in [0, 0.05) is 11.7 Å². The summed E-state index contributed by atoms with van der Waals surface area (Å²) >= 11 is 0. The van der Waals surface area contributed by atoms with Crippen molar-refractivity contribution in [3.8, 4) is 0 Å². The lowest BCUT2D eigenvalue weighted by Crippen LogP contribution is -2.31. The molecule has 0 aliphatic rings. The molecule has 0 aliphatic heterocycles. The summed E-state index contributed by atoms with van der Waals surface area (Å²) in [5.41, 5.74) is 12.4. The van der Waals surface area contributed by atoms with Crippen LogP contribution in [0.2, 0.25) is 0 Å². The van der Waals surface area contributed by atoms with Crippen LogP contribution in [0.3, 0.4) is 0 Å². The van der Waals surface area contributed by atoms with Gasteiger partial charge in [-0.15, -0.1) is 0 Å². The van der Waals surface area contributed by atoms with E-state index in [2.05, 4.69) is 63.6 Å². The molecule has 2 rings (SSSR count). The predicted octanol–water partition coefficient (Wildman–Crippen LogP) is 3.31. The average molecular weight is 271 g/mol. The standard InChI is InChI=1S/C17H25N3/c1-6-16-13(4)19-20(14(16)5)17(12(3)18)15-9-7-8-11(2)10-15/h7-10,12,17H,6,18H2,1-5H3. The molecule has 1 aromatic heterocycles. The normalized spacial score (nSPS) is 14.3. The van der Waals surface area contributed by atoms with Gasteiger partial charge in [0.15, 0.2) is 0 Å². The second-order valence-corrected chi connectivity index (χ2v) is 5.67. The van der Waals surface area contributed by atoms with E-state index in [1.807, 2.05) is 0 Å². The zero-order chi connectivity index (χ0) is 14.9. The summed E-state index contributed by atoms with van der Waals surface area (Å²) in [6, 6.07) is 8.65. The summed E-state index contributed by atoms with van der Waals surface area (Å²) in [7, 11) is 0. The van der Waals surface area contributed by atoms with E-state index >= 15 is 0 Å². The average Bonchev–Trinajstić information content (AvgIpc) is 2.64. The zero-order valence-corrected chi connectivity index (χ0v) is 13.1. The van der Waals surface area contributed by atoms with Crippen molar-refractivity contribution in [2.45, 2.75) is 53.1 Å². The van der Waals surface area contributed by atoms with Gasteiger partial charge < -0.3 is 5.73 Å². The monoisotopic (exact) mass is 271 g/mol. The first-order chi connectivity index (χ1) is 9.45. The van der Waals surface area contributed by atoms with Gasteiger partial charge in [0.25, 0.3) is 0 Å². The first kappa shape index (κ1) is 14.8. The third kappa shape index (κ3) is 2.63. The maximum atomic E-state index is 6.26.